The van der Waals surface area contributed by atoms with Crippen LogP contribution in [0.5, 0.6) is 0 Å². The highest BCUT2D eigenvalue weighted by Gasteiger charge is 2.03. The van der Waals surface area contributed by atoms with Gasteiger partial charge in [0.1, 0.15) is 23.2 Å². The lowest BCUT2D eigenvalue weighted by molar-refractivity contribution is 1.06. The van der Waals surface area contributed by atoms with Crippen molar-refractivity contribution >= 4 is 16.9 Å². The van der Waals surface area contributed by atoms with Gasteiger partial charge >= 0.3 is 0 Å². The SMILES string of the molecule is CCC.CNc1nc(C)nc2cncnc12. The van der Waals surface area contributed by atoms with Gasteiger partial charge in [0, 0.05) is 7.05 Å². The molecule has 0 aromatic carbocycles. The second-order valence-electron chi connectivity index (χ2n) is 3.33. The summed E-state index contributed by atoms with van der Waals surface area (Å²) in [5, 5.41) is 2.97. The Morgan fingerprint density at radius 3 is 2.56 bits per heavy atom. The summed E-state index contributed by atoms with van der Waals surface area (Å²) in [6.45, 7) is 6.09. The molecule has 16 heavy (non-hydrogen) atoms. The monoisotopic (exact) mass is 219 g/mol. The van der Waals surface area contributed by atoms with Gasteiger partial charge in [-0.3, -0.25) is 0 Å². The molecule has 2 aromatic rings. The van der Waals surface area contributed by atoms with E-state index in [0.717, 1.165) is 16.9 Å². The molecule has 0 aliphatic heterocycles. The number of aryl methyl sites for hydroxylation is 1. The molecule has 5 nitrogen and oxygen atoms in total. The fourth-order valence-corrected chi connectivity index (χ4v) is 1.17. The van der Waals surface area contributed by atoms with Gasteiger partial charge in [-0.2, -0.15) is 0 Å². The van der Waals surface area contributed by atoms with Crippen LogP contribution < -0.4 is 5.32 Å². The molecule has 1 N–H and O–H groups in total. The molecule has 2 aromatic heterocycles. The summed E-state index contributed by atoms with van der Waals surface area (Å²) in [6, 6.07) is 0. The zero-order valence-corrected chi connectivity index (χ0v) is 10.2. The van der Waals surface area contributed by atoms with Gasteiger partial charge in [-0.15, -0.1) is 0 Å². The zero-order chi connectivity index (χ0) is 12.0. The number of nitrogens with zero attached hydrogens (tertiary/aromatic N) is 4. The molecule has 0 saturated heterocycles. The summed E-state index contributed by atoms with van der Waals surface area (Å²) in [7, 11) is 1.81. The van der Waals surface area contributed by atoms with Crippen LogP contribution in [0.2, 0.25) is 0 Å². The highest BCUT2D eigenvalue weighted by Crippen LogP contribution is 2.15. The second kappa shape index (κ2) is 5.95. The summed E-state index contributed by atoms with van der Waals surface area (Å²) in [5.74, 6) is 1.46. The average Bonchev–Trinajstić information content (AvgIpc) is 2.29. The summed E-state index contributed by atoms with van der Waals surface area (Å²) in [6.07, 6.45) is 4.42. The van der Waals surface area contributed by atoms with E-state index >= 15 is 0 Å². The van der Waals surface area contributed by atoms with Crippen molar-refractivity contribution in [3.8, 4) is 0 Å². The molecular weight excluding hydrogens is 202 g/mol. The normalized spacial score (nSPS) is 9.50. The van der Waals surface area contributed by atoms with Gasteiger partial charge in [0.25, 0.3) is 0 Å². The van der Waals surface area contributed by atoms with Crippen LogP contribution in [0, 0.1) is 6.92 Å². The number of hydrogen-bond acceptors (Lipinski definition) is 5. The fourth-order valence-electron chi connectivity index (χ4n) is 1.17. The van der Waals surface area contributed by atoms with Crippen molar-refractivity contribution in [2.75, 3.05) is 12.4 Å². The van der Waals surface area contributed by atoms with E-state index in [1.807, 2.05) is 14.0 Å². The Balaban J connectivity index is 0.000000386. The Labute approximate surface area is 95.4 Å². The molecule has 0 saturated carbocycles. The van der Waals surface area contributed by atoms with E-state index in [1.54, 1.807) is 6.20 Å². The van der Waals surface area contributed by atoms with Gasteiger partial charge in [0.2, 0.25) is 0 Å². The summed E-state index contributed by atoms with van der Waals surface area (Å²) < 4.78 is 0. The van der Waals surface area contributed by atoms with Crippen LogP contribution in [0.3, 0.4) is 0 Å². The first-order valence-electron chi connectivity index (χ1n) is 5.35. The van der Waals surface area contributed by atoms with Gasteiger partial charge in [0.05, 0.1) is 6.20 Å². The summed E-state index contributed by atoms with van der Waals surface area (Å²) >= 11 is 0. The first kappa shape index (κ1) is 12.3. The maximum atomic E-state index is 4.21. The first-order valence-corrected chi connectivity index (χ1v) is 5.35. The van der Waals surface area contributed by atoms with Crippen LogP contribution in [-0.4, -0.2) is 27.0 Å². The second-order valence-corrected chi connectivity index (χ2v) is 3.33. The van der Waals surface area contributed by atoms with E-state index in [9.17, 15) is 0 Å². The third kappa shape index (κ3) is 2.85. The number of rotatable bonds is 1. The Hall–Kier alpha value is -1.78. The van der Waals surface area contributed by atoms with Crippen LogP contribution in [0.1, 0.15) is 26.1 Å². The van der Waals surface area contributed by atoms with Crippen LogP contribution in [0.25, 0.3) is 11.0 Å². The molecule has 0 atom stereocenters. The third-order valence-electron chi connectivity index (χ3n) is 1.71. The number of hydrogen-bond donors (Lipinski definition) is 1. The highest BCUT2D eigenvalue weighted by atomic mass is 15.0. The lowest BCUT2D eigenvalue weighted by atomic mass is 10.4. The van der Waals surface area contributed by atoms with Crippen molar-refractivity contribution in [2.45, 2.75) is 27.2 Å². The maximum absolute atomic E-state index is 4.21. The minimum absolute atomic E-state index is 0.714. The van der Waals surface area contributed by atoms with Crippen LogP contribution in [0.15, 0.2) is 12.5 Å². The van der Waals surface area contributed by atoms with E-state index in [1.165, 1.54) is 12.7 Å². The minimum atomic E-state index is 0.714. The largest absolute Gasteiger partial charge is 0.371 e. The highest BCUT2D eigenvalue weighted by molar-refractivity contribution is 5.83. The van der Waals surface area contributed by atoms with Gasteiger partial charge < -0.3 is 5.32 Å². The number of fused-ring (bicyclic) bond motifs is 1. The van der Waals surface area contributed by atoms with Crippen molar-refractivity contribution in [3.05, 3.63) is 18.3 Å². The molecule has 0 aliphatic carbocycles. The van der Waals surface area contributed by atoms with Crippen molar-refractivity contribution in [3.63, 3.8) is 0 Å². The van der Waals surface area contributed by atoms with Crippen molar-refractivity contribution < 1.29 is 0 Å². The van der Waals surface area contributed by atoms with Crippen LogP contribution in [0.4, 0.5) is 5.82 Å². The lowest BCUT2D eigenvalue weighted by Gasteiger charge is -2.03. The summed E-state index contributed by atoms with van der Waals surface area (Å²) in [4.78, 5) is 16.4. The fraction of sp³-hybridized carbons (Fsp3) is 0.455. The standard InChI is InChI=1S/C8H9N5.C3H8/c1-5-12-6-3-10-4-11-7(6)8(9-2)13-5;1-3-2/h3-4H,1-2H3,(H,9,12,13);3H2,1-2H3. The number of aromatic nitrogens is 4. The smallest absolute Gasteiger partial charge is 0.156 e. The predicted molar refractivity (Wildman–Crippen MR) is 65.4 cm³/mol. The molecule has 0 spiro atoms. The van der Waals surface area contributed by atoms with Gasteiger partial charge in [-0.05, 0) is 6.92 Å². The van der Waals surface area contributed by atoms with Crippen LogP contribution >= 0.6 is 0 Å². The van der Waals surface area contributed by atoms with Crippen molar-refractivity contribution in [1.82, 2.24) is 19.9 Å². The van der Waals surface area contributed by atoms with Crippen LogP contribution in [-0.2, 0) is 0 Å². The molecule has 0 fully saturated rings. The minimum Gasteiger partial charge on any atom is -0.371 e. The van der Waals surface area contributed by atoms with Gasteiger partial charge in [-0.25, -0.2) is 19.9 Å². The maximum Gasteiger partial charge on any atom is 0.156 e. The van der Waals surface area contributed by atoms with Gasteiger partial charge in [0.15, 0.2) is 5.82 Å². The van der Waals surface area contributed by atoms with E-state index in [0.29, 0.717) is 5.82 Å². The van der Waals surface area contributed by atoms with Gasteiger partial charge in [-0.1, -0.05) is 20.3 Å². The Morgan fingerprint density at radius 2 is 1.94 bits per heavy atom. The molecule has 86 valence electrons. The van der Waals surface area contributed by atoms with E-state index in [-0.39, 0.29) is 0 Å². The summed E-state index contributed by atoms with van der Waals surface area (Å²) in [5.41, 5.74) is 1.52. The lowest BCUT2D eigenvalue weighted by Crippen LogP contribution is -1.99. The molecule has 0 radical (unpaired) electrons. The molecule has 0 aliphatic rings. The Bertz CT molecular complexity index is 455. The Morgan fingerprint density at radius 1 is 1.25 bits per heavy atom. The molecule has 2 heterocycles. The molecule has 5 heteroatoms. The topological polar surface area (TPSA) is 63.6 Å². The Kier molecular flexibility index (Phi) is 4.57. The van der Waals surface area contributed by atoms with Crippen molar-refractivity contribution in [2.24, 2.45) is 0 Å². The molecule has 0 bridgehead atoms. The zero-order valence-electron chi connectivity index (χ0n) is 10.2. The number of nitrogens with one attached hydrogen (secondary N) is 1. The first-order chi connectivity index (χ1) is 7.72. The van der Waals surface area contributed by atoms with E-state index in [4.69, 9.17) is 0 Å². The van der Waals surface area contributed by atoms with E-state index in [2.05, 4.69) is 39.1 Å². The predicted octanol–water partition coefficient (Wildman–Crippen LogP) is 2.19. The van der Waals surface area contributed by atoms with Crippen molar-refractivity contribution in [1.29, 1.82) is 0 Å². The molecule has 0 unspecified atom stereocenters. The number of anilines is 1. The molecule has 0 amide bonds. The quantitative estimate of drug-likeness (QED) is 0.796. The van der Waals surface area contributed by atoms with E-state index < -0.39 is 0 Å². The average molecular weight is 219 g/mol. The molecular formula is C11H17N5. The third-order valence-corrected chi connectivity index (χ3v) is 1.71. The molecule has 2 rings (SSSR count).